The molecule has 1 aromatic carbocycles. The summed E-state index contributed by atoms with van der Waals surface area (Å²) in [6.07, 6.45) is 4.93. The van der Waals surface area contributed by atoms with Gasteiger partial charge in [0.2, 0.25) is 5.91 Å². The maximum Gasteiger partial charge on any atom is 0.286 e. The number of aryl methyl sites for hydroxylation is 1. The Labute approximate surface area is 168 Å². The SMILES string of the molecule is CCc1ccc(/C(=C/CO)COc2ccc(CC3SC(=O)NC3=O)cc2)nc1. The van der Waals surface area contributed by atoms with Crippen molar-refractivity contribution in [1.29, 1.82) is 0 Å². The Morgan fingerprint density at radius 2 is 1.96 bits per heavy atom. The first-order valence-corrected chi connectivity index (χ1v) is 9.95. The summed E-state index contributed by atoms with van der Waals surface area (Å²) in [7, 11) is 0. The van der Waals surface area contributed by atoms with Gasteiger partial charge in [-0.2, -0.15) is 0 Å². The lowest BCUT2D eigenvalue weighted by Gasteiger charge is -2.11. The highest BCUT2D eigenvalue weighted by Crippen LogP contribution is 2.24. The number of amides is 2. The van der Waals surface area contributed by atoms with Gasteiger partial charge in [-0.05, 0) is 42.2 Å². The Hall–Kier alpha value is -2.64. The standard InChI is InChI=1S/C21H22N2O4S/c1-2-14-5-8-18(22-12-14)16(9-10-24)13-27-17-6-3-15(4-7-17)11-19-20(25)23-21(26)28-19/h3-9,12,19,24H,2,10-11,13H2,1H3,(H,23,25,26)/b16-9+. The van der Waals surface area contributed by atoms with Crippen molar-refractivity contribution in [3.8, 4) is 5.75 Å². The second kappa shape index (κ2) is 9.52. The van der Waals surface area contributed by atoms with Crippen molar-refractivity contribution < 1.29 is 19.4 Å². The summed E-state index contributed by atoms with van der Waals surface area (Å²) < 4.78 is 5.84. The van der Waals surface area contributed by atoms with Gasteiger partial charge in [-0.3, -0.25) is 19.9 Å². The number of rotatable bonds is 8. The van der Waals surface area contributed by atoms with Crippen LogP contribution < -0.4 is 10.1 Å². The van der Waals surface area contributed by atoms with Gasteiger partial charge in [0.15, 0.2) is 0 Å². The van der Waals surface area contributed by atoms with Gasteiger partial charge < -0.3 is 9.84 Å². The molecule has 0 radical (unpaired) electrons. The minimum atomic E-state index is -0.379. The van der Waals surface area contributed by atoms with Crippen LogP contribution in [0.15, 0.2) is 48.7 Å². The molecule has 3 rings (SSSR count). The topological polar surface area (TPSA) is 88.5 Å². The first-order valence-electron chi connectivity index (χ1n) is 9.07. The first-order chi connectivity index (χ1) is 13.6. The van der Waals surface area contributed by atoms with Crippen molar-refractivity contribution in [1.82, 2.24) is 10.3 Å². The molecule has 1 aliphatic heterocycles. The monoisotopic (exact) mass is 398 g/mol. The fraction of sp³-hybridized carbons (Fsp3) is 0.286. The van der Waals surface area contributed by atoms with Gasteiger partial charge >= 0.3 is 0 Å². The average Bonchev–Trinajstić information content (AvgIpc) is 3.03. The van der Waals surface area contributed by atoms with E-state index in [-0.39, 0.29) is 29.6 Å². The van der Waals surface area contributed by atoms with E-state index < -0.39 is 0 Å². The predicted octanol–water partition coefficient (Wildman–Crippen LogP) is 2.99. The maximum absolute atomic E-state index is 11.7. The Kier molecular flexibility index (Phi) is 6.84. The van der Waals surface area contributed by atoms with Crippen LogP contribution in [0.4, 0.5) is 4.79 Å². The van der Waals surface area contributed by atoms with E-state index in [9.17, 15) is 14.7 Å². The molecule has 0 saturated carbocycles. The van der Waals surface area contributed by atoms with Crippen molar-refractivity contribution in [2.75, 3.05) is 13.2 Å². The zero-order valence-electron chi connectivity index (χ0n) is 15.6. The van der Waals surface area contributed by atoms with Gasteiger partial charge in [0, 0.05) is 11.8 Å². The molecular formula is C21H22N2O4S. The number of ether oxygens (including phenoxy) is 1. The van der Waals surface area contributed by atoms with E-state index in [0.717, 1.165) is 40.6 Å². The van der Waals surface area contributed by atoms with Gasteiger partial charge in [0.25, 0.3) is 5.24 Å². The molecule has 146 valence electrons. The number of thioether (sulfide) groups is 1. The van der Waals surface area contributed by atoms with Crippen LogP contribution in [-0.2, 0) is 17.6 Å². The molecule has 2 amide bonds. The molecule has 2 heterocycles. The number of aliphatic hydroxyl groups excluding tert-OH is 1. The van der Waals surface area contributed by atoms with Crippen LogP contribution >= 0.6 is 11.8 Å². The molecule has 2 aromatic rings. The second-order valence-electron chi connectivity index (χ2n) is 6.34. The zero-order chi connectivity index (χ0) is 19.9. The number of imide groups is 1. The number of aromatic nitrogens is 1. The fourth-order valence-corrected chi connectivity index (χ4v) is 3.66. The first kappa shape index (κ1) is 20.1. The molecule has 2 N–H and O–H groups in total. The van der Waals surface area contributed by atoms with Crippen LogP contribution in [0, 0.1) is 0 Å². The summed E-state index contributed by atoms with van der Waals surface area (Å²) in [4.78, 5) is 27.3. The van der Waals surface area contributed by atoms with E-state index in [1.54, 1.807) is 6.08 Å². The van der Waals surface area contributed by atoms with Crippen molar-refractivity contribution in [3.63, 3.8) is 0 Å². The second-order valence-corrected chi connectivity index (χ2v) is 7.51. The molecular weight excluding hydrogens is 376 g/mol. The quantitative estimate of drug-likeness (QED) is 0.711. The highest BCUT2D eigenvalue weighted by Gasteiger charge is 2.31. The van der Waals surface area contributed by atoms with Crippen LogP contribution in [0.2, 0.25) is 0 Å². The number of hydrogen-bond acceptors (Lipinski definition) is 6. The summed E-state index contributed by atoms with van der Waals surface area (Å²) in [5, 5.41) is 10.9. The number of carbonyl (C=O) groups excluding carboxylic acids is 2. The van der Waals surface area contributed by atoms with E-state index >= 15 is 0 Å². The summed E-state index contributed by atoms with van der Waals surface area (Å²) in [6, 6.07) is 11.4. The van der Waals surface area contributed by atoms with Crippen LogP contribution in [0.3, 0.4) is 0 Å². The van der Waals surface area contributed by atoms with E-state index in [1.165, 1.54) is 0 Å². The number of benzene rings is 1. The largest absolute Gasteiger partial charge is 0.489 e. The van der Waals surface area contributed by atoms with Gasteiger partial charge in [0.05, 0.1) is 17.6 Å². The number of nitrogens with one attached hydrogen (secondary N) is 1. The van der Waals surface area contributed by atoms with Crippen LogP contribution in [0.1, 0.15) is 23.7 Å². The van der Waals surface area contributed by atoms with Crippen LogP contribution in [-0.4, -0.2) is 39.7 Å². The predicted molar refractivity (Wildman–Crippen MR) is 109 cm³/mol. The van der Waals surface area contributed by atoms with Gasteiger partial charge in [-0.1, -0.05) is 43.0 Å². The van der Waals surface area contributed by atoms with Crippen molar-refractivity contribution in [2.24, 2.45) is 0 Å². The fourth-order valence-electron chi connectivity index (χ4n) is 2.80. The number of nitrogens with zero attached hydrogens (tertiary/aromatic N) is 1. The highest BCUT2D eigenvalue weighted by molar-refractivity contribution is 8.15. The third kappa shape index (κ3) is 5.21. The molecule has 0 aliphatic carbocycles. The summed E-state index contributed by atoms with van der Waals surface area (Å²) in [5.41, 5.74) is 3.70. The summed E-state index contributed by atoms with van der Waals surface area (Å²) in [5.74, 6) is 0.438. The lowest BCUT2D eigenvalue weighted by molar-refractivity contribution is -0.118. The zero-order valence-corrected chi connectivity index (χ0v) is 16.4. The number of hydrogen-bond donors (Lipinski definition) is 2. The molecule has 1 atom stereocenters. The van der Waals surface area contributed by atoms with Gasteiger partial charge in [-0.15, -0.1) is 0 Å². The van der Waals surface area contributed by atoms with Crippen molar-refractivity contribution in [3.05, 3.63) is 65.5 Å². The Balaban J connectivity index is 1.60. The van der Waals surface area contributed by atoms with Gasteiger partial charge in [0.1, 0.15) is 12.4 Å². The van der Waals surface area contributed by atoms with E-state index in [1.807, 2.05) is 42.6 Å². The lowest BCUT2D eigenvalue weighted by Crippen LogP contribution is -2.25. The molecule has 1 unspecified atom stereocenters. The molecule has 0 bridgehead atoms. The smallest absolute Gasteiger partial charge is 0.286 e. The molecule has 7 heteroatoms. The molecule has 6 nitrogen and oxygen atoms in total. The molecule has 28 heavy (non-hydrogen) atoms. The molecule has 1 fully saturated rings. The molecule has 1 saturated heterocycles. The number of aliphatic hydroxyl groups is 1. The average molecular weight is 398 g/mol. The third-order valence-electron chi connectivity index (χ3n) is 4.41. The number of carbonyl (C=O) groups is 2. The highest BCUT2D eigenvalue weighted by atomic mass is 32.2. The maximum atomic E-state index is 11.7. The van der Waals surface area contributed by atoms with Crippen LogP contribution in [0.25, 0.3) is 5.57 Å². The Morgan fingerprint density at radius 1 is 1.21 bits per heavy atom. The third-order valence-corrected chi connectivity index (χ3v) is 5.39. The molecule has 1 aliphatic rings. The normalized spacial score (nSPS) is 16.9. The summed E-state index contributed by atoms with van der Waals surface area (Å²) >= 11 is 1.02. The summed E-state index contributed by atoms with van der Waals surface area (Å²) in [6.45, 7) is 2.27. The molecule has 1 aromatic heterocycles. The minimum Gasteiger partial charge on any atom is -0.489 e. The minimum absolute atomic E-state index is 0.0886. The number of pyridine rings is 1. The van der Waals surface area contributed by atoms with Crippen molar-refractivity contribution in [2.45, 2.75) is 25.0 Å². The Morgan fingerprint density at radius 3 is 2.54 bits per heavy atom. The van der Waals surface area contributed by atoms with E-state index in [2.05, 4.69) is 17.2 Å². The Bertz CT molecular complexity index is 863. The van der Waals surface area contributed by atoms with E-state index in [4.69, 9.17) is 4.74 Å². The van der Waals surface area contributed by atoms with E-state index in [0.29, 0.717) is 12.2 Å². The van der Waals surface area contributed by atoms with Crippen molar-refractivity contribution >= 4 is 28.5 Å². The van der Waals surface area contributed by atoms with Gasteiger partial charge in [-0.25, -0.2) is 0 Å². The van der Waals surface area contributed by atoms with Crippen LogP contribution in [0.5, 0.6) is 5.75 Å². The lowest BCUT2D eigenvalue weighted by atomic mass is 10.1. The molecule has 0 spiro atoms.